The molecule has 0 unspecified atom stereocenters. The lowest BCUT2D eigenvalue weighted by molar-refractivity contribution is 0.101. The van der Waals surface area contributed by atoms with Crippen LogP contribution in [-0.4, -0.2) is 5.78 Å². The van der Waals surface area contributed by atoms with Gasteiger partial charge in [0.1, 0.15) is 0 Å². The lowest BCUT2D eigenvalue weighted by atomic mass is 10.2. The standard InChI is InChI=1S/C8H8O.2ClH/c1-7(9)8-5-3-2-4-6-8;;/h2-6H,1H3;2*1H. The van der Waals surface area contributed by atoms with Gasteiger partial charge in [-0.1, -0.05) is 30.3 Å². The van der Waals surface area contributed by atoms with Gasteiger partial charge in [-0.05, 0) is 6.92 Å². The van der Waals surface area contributed by atoms with Crippen LogP contribution < -0.4 is 0 Å². The van der Waals surface area contributed by atoms with Crippen molar-refractivity contribution < 1.29 is 4.79 Å². The molecule has 0 bridgehead atoms. The van der Waals surface area contributed by atoms with Crippen LogP contribution in [0.5, 0.6) is 0 Å². The fourth-order valence-corrected chi connectivity index (χ4v) is 0.673. The average molecular weight is 193 g/mol. The number of Topliss-reactive ketones (excluding diaryl/α,β-unsaturated/α-hetero) is 1. The Labute approximate surface area is 78.6 Å². The first-order chi connectivity index (χ1) is 4.30. The maximum absolute atomic E-state index is 10.6. The molecular formula is C8H10Cl2O. The maximum atomic E-state index is 10.6. The van der Waals surface area contributed by atoms with Crippen molar-refractivity contribution >= 4 is 30.6 Å². The second-order valence-corrected chi connectivity index (χ2v) is 1.92. The van der Waals surface area contributed by atoms with Gasteiger partial charge >= 0.3 is 0 Å². The van der Waals surface area contributed by atoms with Crippen LogP contribution in [-0.2, 0) is 0 Å². The zero-order valence-electron chi connectivity index (χ0n) is 6.11. The molecule has 0 aromatic heterocycles. The van der Waals surface area contributed by atoms with Crippen molar-refractivity contribution in [3.8, 4) is 0 Å². The molecule has 1 aromatic carbocycles. The third-order valence-corrected chi connectivity index (χ3v) is 1.18. The Morgan fingerprint density at radius 3 is 1.82 bits per heavy atom. The summed E-state index contributed by atoms with van der Waals surface area (Å²) in [5.74, 6) is 0.121. The topological polar surface area (TPSA) is 17.1 Å². The van der Waals surface area contributed by atoms with Crippen molar-refractivity contribution in [3.05, 3.63) is 35.9 Å². The van der Waals surface area contributed by atoms with Crippen LogP contribution in [0.4, 0.5) is 0 Å². The summed E-state index contributed by atoms with van der Waals surface area (Å²) < 4.78 is 0. The van der Waals surface area contributed by atoms with Crippen LogP contribution in [0.1, 0.15) is 17.3 Å². The molecule has 0 aliphatic carbocycles. The van der Waals surface area contributed by atoms with E-state index in [2.05, 4.69) is 0 Å². The third-order valence-electron chi connectivity index (χ3n) is 1.18. The fraction of sp³-hybridized carbons (Fsp3) is 0.125. The molecule has 0 spiro atoms. The van der Waals surface area contributed by atoms with E-state index in [9.17, 15) is 4.79 Å². The smallest absolute Gasteiger partial charge is 0.159 e. The zero-order chi connectivity index (χ0) is 6.69. The van der Waals surface area contributed by atoms with Crippen molar-refractivity contribution in [3.63, 3.8) is 0 Å². The lowest BCUT2D eigenvalue weighted by Gasteiger charge is -1.89. The van der Waals surface area contributed by atoms with Crippen LogP contribution in [0, 0.1) is 0 Å². The molecule has 0 amide bonds. The minimum atomic E-state index is 0. The molecule has 0 aliphatic rings. The molecule has 0 heterocycles. The molecule has 1 nitrogen and oxygen atoms in total. The highest BCUT2D eigenvalue weighted by Gasteiger charge is 1.92. The van der Waals surface area contributed by atoms with Crippen LogP contribution in [0.25, 0.3) is 0 Å². The summed E-state index contributed by atoms with van der Waals surface area (Å²) in [6.45, 7) is 1.56. The molecule has 0 aliphatic heterocycles. The Morgan fingerprint density at radius 2 is 1.55 bits per heavy atom. The quantitative estimate of drug-likeness (QED) is 0.626. The van der Waals surface area contributed by atoms with Crippen molar-refractivity contribution in [1.29, 1.82) is 0 Å². The van der Waals surface area contributed by atoms with E-state index in [0.29, 0.717) is 0 Å². The predicted octanol–water partition coefficient (Wildman–Crippen LogP) is 2.73. The maximum Gasteiger partial charge on any atom is 0.159 e. The highest BCUT2D eigenvalue weighted by molar-refractivity contribution is 5.93. The lowest BCUT2D eigenvalue weighted by Crippen LogP contribution is -1.88. The second-order valence-electron chi connectivity index (χ2n) is 1.92. The SMILES string of the molecule is CC(=O)c1ccccc1.Cl.Cl. The van der Waals surface area contributed by atoms with Gasteiger partial charge in [-0.15, -0.1) is 24.8 Å². The highest BCUT2D eigenvalue weighted by Crippen LogP contribution is 1.97. The Balaban J connectivity index is 0. The molecule has 3 heteroatoms. The first-order valence-electron chi connectivity index (χ1n) is 2.86. The van der Waals surface area contributed by atoms with Gasteiger partial charge in [0, 0.05) is 5.56 Å². The first kappa shape index (κ1) is 13.1. The monoisotopic (exact) mass is 192 g/mol. The van der Waals surface area contributed by atoms with Gasteiger partial charge in [0.15, 0.2) is 5.78 Å². The molecular weight excluding hydrogens is 183 g/mol. The highest BCUT2D eigenvalue weighted by atomic mass is 35.5. The van der Waals surface area contributed by atoms with Gasteiger partial charge in [-0.3, -0.25) is 4.79 Å². The Hall–Kier alpha value is -0.530. The van der Waals surface area contributed by atoms with Crippen LogP contribution in [0.2, 0.25) is 0 Å². The van der Waals surface area contributed by atoms with Gasteiger partial charge < -0.3 is 0 Å². The van der Waals surface area contributed by atoms with Gasteiger partial charge in [-0.2, -0.15) is 0 Å². The van der Waals surface area contributed by atoms with E-state index in [1.165, 1.54) is 0 Å². The van der Waals surface area contributed by atoms with E-state index in [1.54, 1.807) is 6.92 Å². The summed E-state index contributed by atoms with van der Waals surface area (Å²) in [7, 11) is 0. The van der Waals surface area contributed by atoms with Crippen LogP contribution >= 0.6 is 24.8 Å². The molecule has 1 rings (SSSR count). The first-order valence-corrected chi connectivity index (χ1v) is 2.86. The van der Waals surface area contributed by atoms with E-state index in [0.717, 1.165) is 5.56 Å². The van der Waals surface area contributed by atoms with Crippen molar-refractivity contribution in [2.24, 2.45) is 0 Å². The molecule has 0 atom stereocenters. The number of hydrogen-bond donors (Lipinski definition) is 0. The molecule has 1 aromatic rings. The number of carbonyl (C=O) groups is 1. The average Bonchev–Trinajstić information content (AvgIpc) is 1.90. The zero-order valence-corrected chi connectivity index (χ0v) is 7.74. The molecule has 0 fully saturated rings. The number of ketones is 1. The molecule has 0 saturated carbocycles. The summed E-state index contributed by atoms with van der Waals surface area (Å²) in [6, 6.07) is 9.23. The number of benzene rings is 1. The summed E-state index contributed by atoms with van der Waals surface area (Å²) in [4.78, 5) is 10.6. The Bertz CT molecular complexity index is 209. The molecule has 0 saturated heterocycles. The number of hydrogen-bond acceptors (Lipinski definition) is 1. The molecule has 0 N–H and O–H groups in total. The molecule has 11 heavy (non-hydrogen) atoms. The summed E-state index contributed by atoms with van der Waals surface area (Å²) >= 11 is 0. The van der Waals surface area contributed by atoms with Gasteiger partial charge in [0.25, 0.3) is 0 Å². The fourth-order valence-electron chi connectivity index (χ4n) is 0.673. The summed E-state index contributed by atoms with van der Waals surface area (Å²) in [6.07, 6.45) is 0. The van der Waals surface area contributed by atoms with E-state index in [-0.39, 0.29) is 30.6 Å². The van der Waals surface area contributed by atoms with Gasteiger partial charge in [-0.25, -0.2) is 0 Å². The van der Waals surface area contributed by atoms with E-state index in [4.69, 9.17) is 0 Å². The third kappa shape index (κ3) is 4.02. The molecule has 0 radical (unpaired) electrons. The normalized spacial score (nSPS) is 7.36. The Kier molecular flexibility index (Phi) is 7.37. The summed E-state index contributed by atoms with van der Waals surface area (Å²) in [5, 5.41) is 0. The van der Waals surface area contributed by atoms with Crippen LogP contribution in [0.3, 0.4) is 0 Å². The van der Waals surface area contributed by atoms with Gasteiger partial charge in [0.2, 0.25) is 0 Å². The second kappa shape index (κ2) is 6.20. The molecule has 62 valence electrons. The van der Waals surface area contributed by atoms with Crippen molar-refractivity contribution in [2.45, 2.75) is 6.92 Å². The summed E-state index contributed by atoms with van der Waals surface area (Å²) in [5.41, 5.74) is 0.775. The largest absolute Gasteiger partial charge is 0.295 e. The number of halogens is 2. The van der Waals surface area contributed by atoms with Crippen LogP contribution in [0.15, 0.2) is 30.3 Å². The minimum absolute atomic E-state index is 0. The van der Waals surface area contributed by atoms with Crippen molar-refractivity contribution in [1.82, 2.24) is 0 Å². The van der Waals surface area contributed by atoms with Gasteiger partial charge in [0.05, 0.1) is 0 Å². The Morgan fingerprint density at radius 1 is 1.09 bits per heavy atom. The van der Waals surface area contributed by atoms with E-state index < -0.39 is 0 Å². The van der Waals surface area contributed by atoms with E-state index >= 15 is 0 Å². The number of rotatable bonds is 1. The van der Waals surface area contributed by atoms with Crippen molar-refractivity contribution in [2.75, 3.05) is 0 Å². The number of carbonyl (C=O) groups excluding carboxylic acids is 1. The van der Waals surface area contributed by atoms with E-state index in [1.807, 2.05) is 30.3 Å². The minimum Gasteiger partial charge on any atom is -0.295 e. The predicted molar refractivity (Wildman–Crippen MR) is 50.9 cm³/mol.